The molecule has 0 spiro atoms. The van der Waals surface area contributed by atoms with E-state index in [1.807, 2.05) is 0 Å². The molecule has 0 fully saturated rings. The van der Waals surface area contributed by atoms with Crippen LogP contribution in [0.3, 0.4) is 0 Å². The van der Waals surface area contributed by atoms with Crippen molar-refractivity contribution in [2.75, 3.05) is 0 Å². The summed E-state index contributed by atoms with van der Waals surface area (Å²) in [5, 5.41) is 18.4. The molecule has 0 saturated heterocycles. The lowest BCUT2D eigenvalue weighted by Gasteiger charge is -2.21. The van der Waals surface area contributed by atoms with Gasteiger partial charge in [-0.05, 0) is 42.5 Å². The number of thiazole rings is 2. The maximum absolute atomic E-state index is 11.6. The molecule has 2 aromatic heterocycles. The van der Waals surface area contributed by atoms with Crippen molar-refractivity contribution in [1.82, 2.24) is 9.97 Å². The minimum Gasteiger partial charge on any atom is -0.756 e. The molecule has 1 N–H and O–H groups in total. The lowest BCUT2D eigenvalue weighted by Crippen LogP contribution is -2.07. The number of nitro groups is 1. The van der Waals surface area contributed by atoms with Crippen LogP contribution in [0.2, 0.25) is 0 Å². The van der Waals surface area contributed by atoms with E-state index in [0.29, 0.717) is 11.3 Å². The standard InChI is InChI=1S/C8H7N4O8PS2/c13-11(14)7-9-1-5(22-7)3-19-21(17,18)20-4-6-2-10-8(23-6)12(15)16/h1-2H,3-4H2,(H-,13,14,17,18). The monoisotopic (exact) mass is 382 g/mol. The Morgan fingerprint density at radius 2 is 1.61 bits per heavy atom. The molecule has 0 radical (unpaired) electrons. The van der Waals surface area contributed by atoms with E-state index in [1.165, 1.54) is 0 Å². The van der Waals surface area contributed by atoms with Crippen LogP contribution in [0.5, 0.6) is 0 Å². The van der Waals surface area contributed by atoms with Crippen LogP contribution in [0.25, 0.3) is 0 Å². The van der Waals surface area contributed by atoms with Crippen LogP contribution in [-0.2, 0) is 26.8 Å². The molecular formula is C8H7N4O8PS2. The quantitative estimate of drug-likeness (QED) is 0.401. The molecular weight excluding hydrogens is 375 g/mol. The van der Waals surface area contributed by atoms with Crippen molar-refractivity contribution in [1.29, 1.82) is 0 Å². The summed E-state index contributed by atoms with van der Waals surface area (Å²) in [5.41, 5.74) is 0. The predicted molar refractivity (Wildman–Crippen MR) is 73.1 cm³/mol. The van der Waals surface area contributed by atoms with Gasteiger partial charge in [0.1, 0.15) is 0 Å². The Morgan fingerprint density at radius 3 is 2.00 bits per heavy atom. The van der Waals surface area contributed by atoms with Gasteiger partial charge in [-0.3, -0.25) is 4.57 Å². The zero-order chi connectivity index (χ0) is 17.0. The van der Waals surface area contributed by atoms with Crippen molar-refractivity contribution in [3.8, 4) is 0 Å². The molecule has 0 amide bonds. The van der Waals surface area contributed by atoms with Crippen molar-refractivity contribution in [3.63, 3.8) is 0 Å². The largest absolute Gasteiger partial charge is 0.756 e. The lowest BCUT2D eigenvalue weighted by molar-refractivity contribution is -0.729. The molecule has 0 aromatic carbocycles. The van der Waals surface area contributed by atoms with Crippen molar-refractivity contribution < 1.29 is 33.6 Å². The van der Waals surface area contributed by atoms with E-state index in [1.54, 1.807) is 0 Å². The molecule has 15 heteroatoms. The number of nitrogens with zero attached hydrogens (tertiary/aromatic N) is 4. The first-order valence-corrected chi connectivity index (χ1v) is 8.66. The second-order valence-corrected chi connectivity index (χ2v) is 7.34. The van der Waals surface area contributed by atoms with Gasteiger partial charge in [-0.2, -0.15) is 0 Å². The van der Waals surface area contributed by atoms with Gasteiger partial charge >= 0.3 is 10.3 Å². The zero-order valence-corrected chi connectivity index (χ0v) is 13.5. The molecule has 0 saturated carbocycles. The molecule has 0 bridgehead atoms. The molecule has 2 rings (SSSR count). The summed E-state index contributed by atoms with van der Waals surface area (Å²) in [5.74, 6) is 0. The molecule has 1 unspecified atom stereocenters. The molecule has 12 nitrogen and oxygen atoms in total. The smallest absolute Gasteiger partial charge is 0.466 e. The highest BCUT2D eigenvalue weighted by Crippen LogP contribution is 2.41. The predicted octanol–water partition coefficient (Wildman–Crippen LogP) is 1.51. The summed E-state index contributed by atoms with van der Waals surface area (Å²) < 4.78 is 20.7. The minimum atomic E-state index is -4.67. The summed E-state index contributed by atoms with van der Waals surface area (Å²) in [4.78, 5) is 38.9. The van der Waals surface area contributed by atoms with Crippen LogP contribution in [0.4, 0.5) is 10.3 Å². The summed E-state index contributed by atoms with van der Waals surface area (Å²) in [7, 11) is -4.67. The normalized spacial score (nSPS) is 13.6. The maximum atomic E-state index is 11.6. The highest BCUT2D eigenvalue weighted by Gasteiger charge is 2.20. The first kappa shape index (κ1) is 17.5. The maximum Gasteiger partial charge on any atom is 0.466 e. The number of aromatic nitrogens is 2. The Hall–Kier alpha value is -1.83. The fourth-order valence-electron chi connectivity index (χ4n) is 1.22. The highest BCUT2D eigenvalue weighted by molar-refractivity contribution is 7.45. The van der Waals surface area contributed by atoms with Crippen LogP contribution in [-0.4, -0.2) is 25.0 Å². The van der Waals surface area contributed by atoms with Gasteiger partial charge in [0.15, 0.2) is 17.3 Å². The number of hydrogen-bond donors (Lipinski definition) is 1. The fourth-order valence-corrected chi connectivity index (χ4v) is 3.35. The third kappa shape index (κ3) is 5.09. The Labute approximate surface area is 135 Å². The van der Waals surface area contributed by atoms with Crippen LogP contribution in [0.1, 0.15) is 9.75 Å². The van der Waals surface area contributed by atoms with Crippen molar-refractivity contribution in [2.24, 2.45) is 0 Å². The van der Waals surface area contributed by atoms with Gasteiger partial charge in [-0.15, -0.1) is 0 Å². The summed E-state index contributed by atoms with van der Waals surface area (Å²) in [6.07, 6.45) is 2.29. The molecule has 0 aliphatic carbocycles. The van der Waals surface area contributed by atoms with Crippen LogP contribution in [0.15, 0.2) is 12.4 Å². The van der Waals surface area contributed by atoms with E-state index in [9.17, 15) is 24.5 Å². The zero-order valence-electron chi connectivity index (χ0n) is 10.9. The third-order valence-electron chi connectivity index (χ3n) is 2.13. The molecule has 0 aliphatic heterocycles. The van der Waals surface area contributed by atoms with Crippen LogP contribution < -0.4 is 4.89 Å². The van der Waals surface area contributed by atoms with E-state index in [2.05, 4.69) is 19.0 Å². The van der Waals surface area contributed by atoms with E-state index in [4.69, 9.17) is 5.21 Å². The average molecular weight is 382 g/mol. The molecule has 124 valence electrons. The van der Waals surface area contributed by atoms with Gasteiger partial charge in [0.2, 0.25) is 0 Å². The number of hydrogen-bond acceptors (Lipinski definition) is 11. The summed E-state index contributed by atoms with van der Waals surface area (Å²) in [6, 6.07) is 0. The fraction of sp³-hybridized carbons (Fsp3) is 0.250. The number of phosphoric acid groups is 1. The Bertz CT molecular complexity index is 715. The minimum absolute atomic E-state index is 0.235. The Morgan fingerprint density at radius 1 is 1.13 bits per heavy atom. The van der Waals surface area contributed by atoms with E-state index >= 15 is 0 Å². The van der Waals surface area contributed by atoms with Crippen molar-refractivity contribution >= 4 is 40.8 Å². The number of rotatable bonds is 8. The summed E-state index contributed by atoms with van der Waals surface area (Å²) >= 11 is 1.41. The Balaban J connectivity index is 1.86. The van der Waals surface area contributed by atoms with Gasteiger partial charge in [-0.25, -0.2) is 0 Å². The molecule has 2 aromatic rings. The van der Waals surface area contributed by atoms with Gasteiger partial charge < -0.3 is 29.3 Å². The van der Waals surface area contributed by atoms with Crippen molar-refractivity contribution in [2.45, 2.75) is 13.2 Å². The van der Waals surface area contributed by atoms with E-state index in [0.717, 1.165) is 23.7 Å². The van der Waals surface area contributed by atoms with Crippen LogP contribution >= 0.6 is 30.5 Å². The average Bonchev–Trinajstić information content (AvgIpc) is 3.12. The second kappa shape index (κ2) is 7.16. The lowest BCUT2D eigenvalue weighted by atomic mass is 10.6. The van der Waals surface area contributed by atoms with Gasteiger partial charge in [0.05, 0.1) is 23.0 Å². The third-order valence-corrected chi connectivity index (χ3v) is 4.88. The highest BCUT2D eigenvalue weighted by atomic mass is 32.1. The molecule has 23 heavy (non-hydrogen) atoms. The molecule has 0 aliphatic rings. The SMILES string of the molecule is O=[N+]([O-])c1ncc(COP(=O)([O-])OCc2cnc([N+](=O)O)s2)s1. The summed E-state index contributed by atoms with van der Waals surface area (Å²) in [6.45, 7) is -0.889. The van der Waals surface area contributed by atoms with Gasteiger partial charge in [-0.1, -0.05) is 0 Å². The van der Waals surface area contributed by atoms with E-state index in [-0.39, 0.29) is 20.0 Å². The van der Waals surface area contributed by atoms with Gasteiger partial charge in [0, 0.05) is 0 Å². The number of phosphoric ester groups is 1. The van der Waals surface area contributed by atoms with E-state index < -0.39 is 30.9 Å². The van der Waals surface area contributed by atoms with Crippen LogP contribution in [0, 0.1) is 15.0 Å². The Kier molecular flexibility index (Phi) is 5.46. The second-order valence-electron chi connectivity index (χ2n) is 3.74. The molecule has 1 atom stereocenters. The molecule has 2 heterocycles. The van der Waals surface area contributed by atoms with Gasteiger partial charge in [0.25, 0.3) is 7.82 Å². The first-order valence-electron chi connectivity index (χ1n) is 5.57. The first-order chi connectivity index (χ1) is 10.8. The van der Waals surface area contributed by atoms with Crippen molar-refractivity contribution in [3.05, 3.63) is 37.2 Å². The topological polar surface area (TPSA) is 168 Å².